The molecule has 1 aromatic carbocycles. The van der Waals surface area contributed by atoms with E-state index in [0.717, 1.165) is 26.2 Å². The minimum Gasteiger partial charge on any atom is -0.303 e. The molecule has 1 fully saturated rings. The maximum Gasteiger partial charge on any atom is 0.132 e. The molecule has 86 valence electrons. The number of benzene rings is 1. The van der Waals surface area contributed by atoms with E-state index < -0.39 is 0 Å². The summed E-state index contributed by atoms with van der Waals surface area (Å²) in [6, 6.07) is 6.68. The lowest BCUT2D eigenvalue weighted by Crippen LogP contribution is -2.41. The summed E-state index contributed by atoms with van der Waals surface area (Å²) in [5, 5.41) is 6.27. The Morgan fingerprint density at radius 1 is 1.19 bits per heavy atom. The molecular weight excluding hydrogens is 205 g/mol. The Labute approximate surface area is 95.2 Å². The van der Waals surface area contributed by atoms with Crippen LogP contribution in [-0.4, -0.2) is 49.4 Å². The van der Waals surface area contributed by atoms with Gasteiger partial charge in [-0.2, -0.15) is 5.10 Å². The van der Waals surface area contributed by atoms with Gasteiger partial charge in [0, 0.05) is 31.7 Å². The van der Waals surface area contributed by atoms with Crippen molar-refractivity contribution in [3.8, 4) is 0 Å². The Balaban J connectivity index is 1.97. The molecule has 1 aliphatic heterocycles. The molecule has 0 atom stereocenters. The predicted octanol–water partition coefficient (Wildman–Crippen LogP) is 1.41. The number of nitrogens with zero attached hydrogens (tertiary/aromatic N) is 3. The summed E-state index contributed by atoms with van der Waals surface area (Å²) >= 11 is 0. The molecule has 1 aliphatic rings. The average Bonchev–Trinajstić information content (AvgIpc) is 2.30. The molecule has 0 aromatic heterocycles. The molecule has 0 spiro atoms. The van der Waals surface area contributed by atoms with Gasteiger partial charge in [-0.3, -0.25) is 5.01 Å². The van der Waals surface area contributed by atoms with Gasteiger partial charge >= 0.3 is 0 Å². The van der Waals surface area contributed by atoms with Crippen LogP contribution in [0.5, 0.6) is 0 Å². The van der Waals surface area contributed by atoms with Crippen molar-refractivity contribution >= 4 is 6.21 Å². The number of hydrazone groups is 1. The number of rotatable bonds is 2. The van der Waals surface area contributed by atoms with E-state index in [1.165, 1.54) is 6.07 Å². The van der Waals surface area contributed by atoms with Crippen LogP contribution in [0, 0.1) is 5.82 Å². The smallest absolute Gasteiger partial charge is 0.132 e. The van der Waals surface area contributed by atoms with Crippen LogP contribution in [0.2, 0.25) is 0 Å². The van der Waals surface area contributed by atoms with Gasteiger partial charge in [-0.15, -0.1) is 0 Å². The molecule has 1 saturated heterocycles. The largest absolute Gasteiger partial charge is 0.303 e. The molecule has 0 amide bonds. The van der Waals surface area contributed by atoms with Gasteiger partial charge in [0.15, 0.2) is 0 Å². The summed E-state index contributed by atoms with van der Waals surface area (Å²) in [4.78, 5) is 2.26. The second-order valence-corrected chi connectivity index (χ2v) is 4.02. The average molecular weight is 221 g/mol. The fourth-order valence-electron chi connectivity index (χ4n) is 1.64. The van der Waals surface area contributed by atoms with E-state index in [9.17, 15) is 4.39 Å². The lowest BCUT2D eigenvalue weighted by Gasteiger charge is -2.30. The molecule has 0 bridgehead atoms. The van der Waals surface area contributed by atoms with Gasteiger partial charge in [0.25, 0.3) is 0 Å². The van der Waals surface area contributed by atoms with Crippen LogP contribution in [0.4, 0.5) is 4.39 Å². The van der Waals surface area contributed by atoms with Crippen LogP contribution >= 0.6 is 0 Å². The van der Waals surface area contributed by atoms with Gasteiger partial charge in [0.1, 0.15) is 5.82 Å². The number of hydrogen-bond donors (Lipinski definition) is 0. The van der Waals surface area contributed by atoms with Gasteiger partial charge in [-0.1, -0.05) is 18.2 Å². The number of piperazine rings is 1. The maximum absolute atomic E-state index is 13.3. The van der Waals surface area contributed by atoms with E-state index in [1.54, 1.807) is 18.3 Å². The molecule has 4 heteroatoms. The van der Waals surface area contributed by atoms with Crippen LogP contribution in [0.1, 0.15) is 5.56 Å². The summed E-state index contributed by atoms with van der Waals surface area (Å²) in [5.41, 5.74) is 0.543. The fourth-order valence-corrected chi connectivity index (χ4v) is 1.64. The summed E-state index contributed by atoms with van der Waals surface area (Å²) in [7, 11) is 2.10. The van der Waals surface area contributed by atoms with Gasteiger partial charge < -0.3 is 4.90 Å². The normalized spacial score (nSPS) is 18.2. The molecule has 16 heavy (non-hydrogen) atoms. The zero-order chi connectivity index (χ0) is 11.4. The zero-order valence-corrected chi connectivity index (χ0v) is 9.43. The van der Waals surface area contributed by atoms with Crippen LogP contribution in [0.15, 0.2) is 29.4 Å². The highest BCUT2D eigenvalue weighted by Gasteiger charge is 2.10. The second kappa shape index (κ2) is 5.07. The SMILES string of the molecule is CN1CCN(/N=C\c2ccccc2F)CC1. The van der Waals surface area contributed by atoms with Crippen LogP contribution in [0.3, 0.4) is 0 Å². The number of hydrogen-bond acceptors (Lipinski definition) is 3. The molecule has 0 unspecified atom stereocenters. The highest BCUT2D eigenvalue weighted by atomic mass is 19.1. The van der Waals surface area contributed by atoms with Gasteiger partial charge in [0.2, 0.25) is 0 Å². The van der Waals surface area contributed by atoms with Crippen molar-refractivity contribution in [3.63, 3.8) is 0 Å². The monoisotopic (exact) mass is 221 g/mol. The summed E-state index contributed by atoms with van der Waals surface area (Å²) < 4.78 is 13.3. The molecular formula is C12H16FN3. The van der Waals surface area contributed by atoms with Crippen molar-refractivity contribution in [1.82, 2.24) is 9.91 Å². The van der Waals surface area contributed by atoms with Crippen molar-refractivity contribution in [1.29, 1.82) is 0 Å². The number of likely N-dealkylation sites (N-methyl/N-ethyl adjacent to an activating group) is 1. The molecule has 0 radical (unpaired) electrons. The standard InChI is InChI=1S/C12H16FN3/c1-15-6-8-16(9-7-15)14-10-11-4-2-3-5-12(11)13/h2-5,10H,6-9H2,1H3/b14-10-. The van der Waals surface area contributed by atoms with Gasteiger partial charge in [-0.05, 0) is 13.1 Å². The Morgan fingerprint density at radius 3 is 2.56 bits per heavy atom. The molecule has 0 N–H and O–H groups in total. The van der Waals surface area contributed by atoms with E-state index in [2.05, 4.69) is 17.0 Å². The Kier molecular flexibility index (Phi) is 3.51. The second-order valence-electron chi connectivity index (χ2n) is 4.02. The maximum atomic E-state index is 13.3. The Bertz CT molecular complexity index is 370. The first-order valence-corrected chi connectivity index (χ1v) is 5.48. The molecule has 0 aliphatic carbocycles. The van der Waals surface area contributed by atoms with E-state index in [4.69, 9.17) is 0 Å². The summed E-state index contributed by atoms with van der Waals surface area (Å²) in [5.74, 6) is -0.222. The van der Waals surface area contributed by atoms with Crippen LogP contribution < -0.4 is 0 Å². The predicted molar refractivity (Wildman–Crippen MR) is 63.1 cm³/mol. The molecule has 2 rings (SSSR count). The van der Waals surface area contributed by atoms with Crippen molar-refractivity contribution in [2.24, 2.45) is 5.10 Å². The molecule has 1 aromatic rings. The first kappa shape index (κ1) is 11.1. The molecule has 1 heterocycles. The minimum absolute atomic E-state index is 0.222. The van der Waals surface area contributed by atoms with Crippen molar-refractivity contribution in [3.05, 3.63) is 35.6 Å². The Hall–Kier alpha value is -1.42. The molecule has 3 nitrogen and oxygen atoms in total. The third-order valence-corrected chi connectivity index (χ3v) is 2.75. The minimum atomic E-state index is -0.222. The topological polar surface area (TPSA) is 18.8 Å². The van der Waals surface area contributed by atoms with E-state index in [0.29, 0.717) is 5.56 Å². The van der Waals surface area contributed by atoms with Crippen LogP contribution in [-0.2, 0) is 0 Å². The highest BCUT2D eigenvalue weighted by molar-refractivity contribution is 5.79. The van der Waals surface area contributed by atoms with Crippen molar-refractivity contribution in [2.45, 2.75) is 0 Å². The lowest BCUT2D eigenvalue weighted by molar-refractivity contribution is 0.159. The number of halogens is 1. The Morgan fingerprint density at radius 2 is 1.88 bits per heavy atom. The van der Waals surface area contributed by atoms with Gasteiger partial charge in [0.05, 0.1) is 6.21 Å². The summed E-state index contributed by atoms with van der Waals surface area (Å²) in [6.07, 6.45) is 1.60. The highest BCUT2D eigenvalue weighted by Crippen LogP contribution is 2.04. The third kappa shape index (κ3) is 2.79. The first-order chi connectivity index (χ1) is 7.75. The zero-order valence-electron chi connectivity index (χ0n) is 9.43. The summed E-state index contributed by atoms with van der Waals surface area (Å²) in [6.45, 7) is 3.83. The quantitative estimate of drug-likeness (QED) is 0.703. The first-order valence-electron chi connectivity index (χ1n) is 5.48. The van der Waals surface area contributed by atoms with E-state index >= 15 is 0 Å². The third-order valence-electron chi connectivity index (χ3n) is 2.75. The van der Waals surface area contributed by atoms with Crippen molar-refractivity contribution < 1.29 is 4.39 Å². The molecule has 0 saturated carbocycles. The fraction of sp³-hybridized carbons (Fsp3) is 0.417. The van der Waals surface area contributed by atoms with Gasteiger partial charge in [-0.25, -0.2) is 4.39 Å². The van der Waals surface area contributed by atoms with Crippen molar-refractivity contribution in [2.75, 3.05) is 33.2 Å². The van der Waals surface area contributed by atoms with E-state index in [1.807, 2.05) is 11.1 Å². The van der Waals surface area contributed by atoms with E-state index in [-0.39, 0.29) is 5.82 Å². The van der Waals surface area contributed by atoms with Crippen LogP contribution in [0.25, 0.3) is 0 Å². The lowest BCUT2D eigenvalue weighted by atomic mass is 10.2.